The SMILES string of the molecule is CC[C@@H](C)C(=O)O[C@H]1C[C@@H](C)C=C2C=C[C@H](C)[C@H](CC[C@@H]3CC=CC(=O)O3)[C@H]21. The van der Waals surface area contributed by atoms with Crippen LogP contribution in [-0.2, 0) is 19.1 Å². The van der Waals surface area contributed by atoms with E-state index in [9.17, 15) is 9.59 Å². The Hall–Kier alpha value is -1.84. The van der Waals surface area contributed by atoms with Gasteiger partial charge in [0, 0.05) is 18.4 Å². The molecule has 154 valence electrons. The zero-order chi connectivity index (χ0) is 20.3. The maximum Gasteiger partial charge on any atom is 0.330 e. The van der Waals surface area contributed by atoms with Gasteiger partial charge in [-0.1, -0.05) is 52.0 Å². The maximum absolute atomic E-state index is 12.5. The number of ether oxygens (including phenoxy) is 2. The molecular formula is C24H34O4. The number of rotatable bonds is 6. The minimum absolute atomic E-state index is 0.0355. The van der Waals surface area contributed by atoms with Crippen molar-refractivity contribution in [2.75, 3.05) is 0 Å². The van der Waals surface area contributed by atoms with Crippen molar-refractivity contribution in [3.63, 3.8) is 0 Å². The van der Waals surface area contributed by atoms with Gasteiger partial charge in [-0.15, -0.1) is 0 Å². The molecule has 0 aromatic carbocycles. The molecule has 0 saturated heterocycles. The Balaban J connectivity index is 1.75. The first-order valence-electron chi connectivity index (χ1n) is 10.9. The Morgan fingerprint density at radius 2 is 2.07 bits per heavy atom. The molecule has 28 heavy (non-hydrogen) atoms. The zero-order valence-electron chi connectivity index (χ0n) is 17.6. The number of fused-ring (bicyclic) bond motifs is 1. The number of carbonyl (C=O) groups is 2. The lowest BCUT2D eigenvalue weighted by Crippen LogP contribution is -2.41. The second kappa shape index (κ2) is 9.11. The van der Waals surface area contributed by atoms with E-state index in [-0.39, 0.29) is 36.0 Å². The highest BCUT2D eigenvalue weighted by Crippen LogP contribution is 2.45. The Morgan fingerprint density at radius 1 is 1.29 bits per heavy atom. The van der Waals surface area contributed by atoms with Gasteiger partial charge in [0.1, 0.15) is 12.2 Å². The third-order valence-electron chi connectivity index (χ3n) is 6.64. The molecule has 4 heteroatoms. The number of esters is 2. The number of hydrogen-bond acceptors (Lipinski definition) is 4. The van der Waals surface area contributed by atoms with Crippen LogP contribution in [0.1, 0.15) is 59.8 Å². The summed E-state index contributed by atoms with van der Waals surface area (Å²) < 4.78 is 11.5. The smallest absolute Gasteiger partial charge is 0.330 e. The van der Waals surface area contributed by atoms with Gasteiger partial charge in [-0.3, -0.25) is 4.79 Å². The minimum atomic E-state index is -0.236. The lowest BCUT2D eigenvalue weighted by atomic mass is 9.65. The molecule has 1 heterocycles. The van der Waals surface area contributed by atoms with E-state index in [2.05, 4.69) is 32.1 Å². The van der Waals surface area contributed by atoms with Crippen LogP contribution in [0.2, 0.25) is 0 Å². The van der Waals surface area contributed by atoms with E-state index in [0.717, 1.165) is 32.1 Å². The first-order chi connectivity index (χ1) is 13.4. The van der Waals surface area contributed by atoms with Crippen molar-refractivity contribution in [2.45, 2.75) is 72.0 Å². The zero-order valence-corrected chi connectivity index (χ0v) is 17.6. The summed E-state index contributed by atoms with van der Waals surface area (Å²) in [5, 5.41) is 0. The van der Waals surface area contributed by atoms with E-state index in [1.165, 1.54) is 11.6 Å². The molecule has 0 amide bonds. The minimum Gasteiger partial charge on any atom is -0.461 e. The van der Waals surface area contributed by atoms with E-state index in [4.69, 9.17) is 9.47 Å². The summed E-state index contributed by atoms with van der Waals surface area (Å²) in [5.74, 6) is 1.07. The summed E-state index contributed by atoms with van der Waals surface area (Å²) in [6, 6.07) is 0. The predicted molar refractivity (Wildman–Crippen MR) is 109 cm³/mol. The van der Waals surface area contributed by atoms with Crippen LogP contribution < -0.4 is 0 Å². The van der Waals surface area contributed by atoms with Crippen LogP contribution >= 0.6 is 0 Å². The lowest BCUT2D eigenvalue weighted by Gasteiger charge is -2.43. The van der Waals surface area contributed by atoms with Gasteiger partial charge in [-0.2, -0.15) is 0 Å². The van der Waals surface area contributed by atoms with E-state index in [1.54, 1.807) is 0 Å². The highest BCUT2D eigenvalue weighted by Gasteiger charge is 2.41. The normalized spacial score (nSPS) is 35.6. The molecule has 0 aromatic rings. The molecule has 3 rings (SSSR count). The van der Waals surface area contributed by atoms with Crippen molar-refractivity contribution in [3.8, 4) is 0 Å². The van der Waals surface area contributed by atoms with E-state index < -0.39 is 0 Å². The van der Waals surface area contributed by atoms with Crippen LogP contribution in [0.5, 0.6) is 0 Å². The average molecular weight is 387 g/mol. The van der Waals surface area contributed by atoms with Crippen LogP contribution in [0.25, 0.3) is 0 Å². The monoisotopic (exact) mass is 386 g/mol. The summed E-state index contributed by atoms with van der Waals surface area (Å²) in [4.78, 5) is 24.1. The van der Waals surface area contributed by atoms with Gasteiger partial charge >= 0.3 is 11.9 Å². The lowest BCUT2D eigenvalue weighted by molar-refractivity contribution is -0.158. The second-order valence-corrected chi connectivity index (χ2v) is 8.85. The molecule has 0 N–H and O–H groups in total. The first-order valence-corrected chi connectivity index (χ1v) is 10.9. The van der Waals surface area contributed by atoms with Crippen molar-refractivity contribution < 1.29 is 19.1 Å². The molecule has 0 bridgehead atoms. The molecule has 4 nitrogen and oxygen atoms in total. The molecule has 0 fully saturated rings. The summed E-state index contributed by atoms with van der Waals surface area (Å²) >= 11 is 0. The van der Waals surface area contributed by atoms with Gasteiger partial charge in [-0.25, -0.2) is 4.79 Å². The molecular weight excluding hydrogens is 352 g/mol. The van der Waals surface area contributed by atoms with Crippen molar-refractivity contribution in [3.05, 3.63) is 36.0 Å². The van der Waals surface area contributed by atoms with Crippen LogP contribution in [0.3, 0.4) is 0 Å². The van der Waals surface area contributed by atoms with Crippen molar-refractivity contribution in [2.24, 2.45) is 29.6 Å². The Bertz CT molecular complexity index is 674. The van der Waals surface area contributed by atoms with Crippen molar-refractivity contribution in [1.29, 1.82) is 0 Å². The fourth-order valence-electron chi connectivity index (χ4n) is 4.78. The van der Waals surface area contributed by atoms with E-state index in [0.29, 0.717) is 17.8 Å². The van der Waals surface area contributed by atoms with Crippen molar-refractivity contribution in [1.82, 2.24) is 0 Å². The fourth-order valence-corrected chi connectivity index (χ4v) is 4.78. The Morgan fingerprint density at radius 3 is 2.79 bits per heavy atom. The van der Waals surface area contributed by atoms with Crippen LogP contribution in [0.15, 0.2) is 36.0 Å². The third kappa shape index (κ3) is 4.76. The van der Waals surface area contributed by atoms with Gasteiger partial charge in [0.15, 0.2) is 0 Å². The number of allylic oxidation sites excluding steroid dienone is 3. The van der Waals surface area contributed by atoms with Gasteiger partial charge in [-0.05, 0) is 49.0 Å². The molecule has 2 aliphatic carbocycles. The predicted octanol–water partition coefficient (Wildman–Crippen LogP) is 5.00. The molecule has 3 aliphatic rings. The van der Waals surface area contributed by atoms with Crippen LogP contribution in [0.4, 0.5) is 0 Å². The molecule has 1 aliphatic heterocycles. The van der Waals surface area contributed by atoms with E-state index >= 15 is 0 Å². The first kappa shape index (κ1) is 20.9. The van der Waals surface area contributed by atoms with Crippen LogP contribution in [-0.4, -0.2) is 24.1 Å². The second-order valence-electron chi connectivity index (χ2n) is 8.85. The number of hydrogen-bond donors (Lipinski definition) is 0. The quantitative estimate of drug-likeness (QED) is 0.603. The van der Waals surface area contributed by atoms with Gasteiger partial charge in [0.05, 0.1) is 5.92 Å². The molecule has 0 saturated carbocycles. The van der Waals surface area contributed by atoms with Crippen LogP contribution in [0, 0.1) is 29.6 Å². The van der Waals surface area contributed by atoms with Gasteiger partial charge < -0.3 is 9.47 Å². The molecule has 0 aromatic heterocycles. The number of cyclic esters (lactones) is 1. The molecule has 7 atom stereocenters. The Labute approximate surface area is 169 Å². The summed E-state index contributed by atoms with van der Waals surface area (Å²) in [5.41, 5.74) is 1.31. The molecule has 0 radical (unpaired) electrons. The summed E-state index contributed by atoms with van der Waals surface area (Å²) in [6.07, 6.45) is 14.5. The summed E-state index contributed by atoms with van der Waals surface area (Å²) in [6.45, 7) is 8.41. The highest BCUT2D eigenvalue weighted by atomic mass is 16.5. The van der Waals surface area contributed by atoms with Gasteiger partial charge in [0.25, 0.3) is 0 Å². The standard InChI is InChI=1S/C24H34O4/c1-5-16(3)24(26)28-21-14-15(2)13-18-10-9-17(4)20(23(18)21)12-11-19-7-6-8-22(25)27-19/h6,8-10,13,15-17,19-21,23H,5,7,11-12,14H2,1-4H3/t15-,16+,17-,19-,20-,21-,23-/m0/s1. The molecule has 0 unspecified atom stereocenters. The van der Waals surface area contributed by atoms with Gasteiger partial charge in [0.2, 0.25) is 0 Å². The number of carbonyl (C=O) groups excluding carboxylic acids is 2. The molecule has 0 spiro atoms. The fraction of sp³-hybridized carbons (Fsp3) is 0.667. The van der Waals surface area contributed by atoms with E-state index in [1.807, 2.05) is 19.9 Å². The largest absolute Gasteiger partial charge is 0.461 e. The average Bonchev–Trinajstić information content (AvgIpc) is 2.66. The highest BCUT2D eigenvalue weighted by molar-refractivity contribution is 5.82. The topological polar surface area (TPSA) is 52.6 Å². The summed E-state index contributed by atoms with van der Waals surface area (Å²) in [7, 11) is 0. The van der Waals surface area contributed by atoms with Crippen molar-refractivity contribution >= 4 is 11.9 Å². The third-order valence-corrected chi connectivity index (χ3v) is 6.64. The Kier molecular flexibility index (Phi) is 6.79. The maximum atomic E-state index is 12.5.